The van der Waals surface area contributed by atoms with Crippen LogP contribution in [0.15, 0.2) is 77.7 Å². The molecule has 0 aliphatic carbocycles. The number of amides is 1. The zero-order valence-corrected chi connectivity index (χ0v) is 17.9. The molecule has 9 heteroatoms. The first-order valence-corrected chi connectivity index (χ1v) is 11.1. The molecule has 0 radical (unpaired) electrons. The number of nitrogens with one attached hydrogen (secondary N) is 1. The minimum absolute atomic E-state index is 0.0277. The maximum atomic E-state index is 13.3. The second kappa shape index (κ2) is 9.57. The van der Waals surface area contributed by atoms with Gasteiger partial charge in [0.05, 0.1) is 4.90 Å². The molecule has 3 aromatic rings. The number of halogens is 3. The van der Waals surface area contributed by atoms with Gasteiger partial charge >= 0.3 is 0 Å². The average Bonchev–Trinajstić information content (AvgIpc) is 2.72. The number of rotatable bonds is 7. The first-order chi connectivity index (χ1) is 14.3. The SMILES string of the molecule is O=C(c1ccc(Cl)cc1)N(CCNS(=O)(=O)c1ccc(Cl)cc1)c1ccc(F)cc1. The van der Waals surface area contributed by atoms with Gasteiger partial charge in [0.15, 0.2) is 0 Å². The molecule has 0 saturated heterocycles. The molecule has 0 unspecified atom stereocenters. The van der Waals surface area contributed by atoms with Crippen LogP contribution in [0.3, 0.4) is 0 Å². The molecule has 1 amide bonds. The van der Waals surface area contributed by atoms with E-state index in [9.17, 15) is 17.6 Å². The van der Waals surface area contributed by atoms with Gasteiger partial charge in [0.25, 0.3) is 5.91 Å². The molecule has 1 N–H and O–H groups in total. The number of anilines is 1. The largest absolute Gasteiger partial charge is 0.307 e. The first-order valence-electron chi connectivity index (χ1n) is 8.84. The zero-order valence-electron chi connectivity index (χ0n) is 15.6. The van der Waals surface area contributed by atoms with Gasteiger partial charge in [-0.3, -0.25) is 4.79 Å². The van der Waals surface area contributed by atoms with Crippen LogP contribution in [-0.4, -0.2) is 27.4 Å². The van der Waals surface area contributed by atoms with E-state index >= 15 is 0 Å². The van der Waals surface area contributed by atoms with E-state index in [0.29, 0.717) is 21.3 Å². The molecular weight excluding hydrogens is 450 g/mol. The molecule has 0 aliphatic rings. The second-order valence-electron chi connectivity index (χ2n) is 6.29. The lowest BCUT2D eigenvalue weighted by Gasteiger charge is -2.23. The van der Waals surface area contributed by atoms with Crippen molar-refractivity contribution in [2.75, 3.05) is 18.0 Å². The van der Waals surface area contributed by atoms with Crippen molar-refractivity contribution >= 4 is 44.8 Å². The summed E-state index contributed by atoms with van der Waals surface area (Å²) in [6.45, 7) is -0.0262. The van der Waals surface area contributed by atoms with Crippen molar-refractivity contribution in [3.8, 4) is 0 Å². The standard InChI is InChI=1S/C21H17Cl2FN2O3S/c22-16-3-1-15(2-4-16)21(27)26(19-9-7-18(24)8-10-19)14-13-25-30(28,29)20-11-5-17(23)6-12-20/h1-12,25H,13-14H2. The van der Waals surface area contributed by atoms with E-state index in [4.69, 9.17) is 23.2 Å². The Bertz CT molecular complexity index is 1120. The third-order valence-corrected chi connectivity index (χ3v) is 6.21. The minimum Gasteiger partial charge on any atom is -0.307 e. The molecule has 0 aromatic heterocycles. The van der Waals surface area contributed by atoms with Gasteiger partial charge in [0.1, 0.15) is 5.82 Å². The fourth-order valence-electron chi connectivity index (χ4n) is 2.71. The quantitative estimate of drug-likeness (QED) is 0.545. The Labute approximate surface area is 184 Å². The fourth-order valence-corrected chi connectivity index (χ4v) is 3.98. The molecule has 0 fully saturated rings. The Morgan fingerprint density at radius 1 is 0.867 bits per heavy atom. The average molecular weight is 467 g/mol. The van der Waals surface area contributed by atoms with Crippen LogP contribution in [0.4, 0.5) is 10.1 Å². The highest BCUT2D eigenvalue weighted by molar-refractivity contribution is 7.89. The summed E-state index contributed by atoms with van der Waals surface area (Å²) in [5.74, 6) is -0.815. The van der Waals surface area contributed by atoms with E-state index in [1.54, 1.807) is 24.3 Å². The highest BCUT2D eigenvalue weighted by atomic mass is 35.5. The molecule has 5 nitrogen and oxygen atoms in total. The molecule has 0 spiro atoms. The number of carbonyl (C=O) groups excluding carboxylic acids is 1. The topological polar surface area (TPSA) is 66.5 Å². The van der Waals surface area contributed by atoms with Gasteiger partial charge in [0, 0.05) is 34.4 Å². The molecular formula is C21H17Cl2FN2O3S. The number of benzene rings is 3. The Morgan fingerprint density at radius 3 is 1.97 bits per heavy atom. The number of sulfonamides is 1. The van der Waals surface area contributed by atoms with Crippen molar-refractivity contribution in [3.05, 3.63) is 94.2 Å². The lowest BCUT2D eigenvalue weighted by Crippen LogP contribution is -2.38. The van der Waals surface area contributed by atoms with Gasteiger partial charge in [-0.25, -0.2) is 17.5 Å². The maximum Gasteiger partial charge on any atom is 0.258 e. The van der Waals surface area contributed by atoms with Crippen LogP contribution < -0.4 is 9.62 Å². The summed E-state index contributed by atoms with van der Waals surface area (Å²) in [5, 5.41) is 0.903. The number of hydrogen-bond acceptors (Lipinski definition) is 3. The van der Waals surface area contributed by atoms with Crippen LogP contribution >= 0.6 is 23.2 Å². The van der Waals surface area contributed by atoms with Gasteiger partial charge in [0.2, 0.25) is 10.0 Å². The normalized spacial score (nSPS) is 11.3. The summed E-state index contributed by atoms with van der Waals surface area (Å²) in [4.78, 5) is 14.4. The molecule has 0 atom stereocenters. The summed E-state index contributed by atoms with van der Waals surface area (Å²) >= 11 is 11.7. The summed E-state index contributed by atoms with van der Waals surface area (Å²) in [5.41, 5.74) is 0.798. The Morgan fingerprint density at radius 2 is 1.40 bits per heavy atom. The van der Waals surface area contributed by atoms with Crippen molar-refractivity contribution < 1.29 is 17.6 Å². The fraction of sp³-hybridized carbons (Fsp3) is 0.0952. The Hall–Kier alpha value is -2.45. The van der Waals surface area contributed by atoms with Crippen LogP contribution in [0, 0.1) is 5.82 Å². The van der Waals surface area contributed by atoms with Crippen molar-refractivity contribution in [1.29, 1.82) is 0 Å². The monoisotopic (exact) mass is 466 g/mol. The van der Waals surface area contributed by atoms with Crippen molar-refractivity contribution in [3.63, 3.8) is 0 Å². The molecule has 0 saturated carbocycles. The maximum absolute atomic E-state index is 13.3. The van der Waals surface area contributed by atoms with Gasteiger partial charge in [-0.1, -0.05) is 23.2 Å². The third-order valence-electron chi connectivity index (χ3n) is 4.23. The van der Waals surface area contributed by atoms with E-state index in [1.165, 1.54) is 53.4 Å². The molecule has 3 aromatic carbocycles. The van der Waals surface area contributed by atoms with E-state index < -0.39 is 15.8 Å². The highest BCUT2D eigenvalue weighted by Gasteiger charge is 2.20. The smallest absolute Gasteiger partial charge is 0.258 e. The molecule has 156 valence electrons. The van der Waals surface area contributed by atoms with E-state index in [1.807, 2.05) is 0 Å². The van der Waals surface area contributed by atoms with E-state index in [2.05, 4.69) is 4.72 Å². The number of hydrogen-bond donors (Lipinski definition) is 1. The number of carbonyl (C=O) groups is 1. The van der Waals surface area contributed by atoms with Crippen molar-refractivity contribution in [2.45, 2.75) is 4.90 Å². The molecule has 0 bridgehead atoms. The van der Waals surface area contributed by atoms with E-state index in [0.717, 1.165) is 0 Å². The lowest BCUT2D eigenvalue weighted by molar-refractivity contribution is 0.0987. The predicted molar refractivity (Wildman–Crippen MR) is 116 cm³/mol. The minimum atomic E-state index is -3.78. The number of nitrogens with zero attached hydrogens (tertiary/aromatic N) is 1. The molecule has 3 rings (SSSR count). The Balaban J connectivity index is 1.78. The molecule has 0 heterocycles. The summed E-state index contributed by atoms with van der Waals surface area (Å²) in [6.07, 6.45) is 0. The summed E-state index contributed by atoms with van der Waals surface area (Å²) < 4.78 is 40.7. The summed E-state index contributed by atoms with van der Waals surface area (Å²) in [6, 6.07) is 17.4. The summed E-state index contributed by atoms with van der Waals surface area (Å²) in [7, 11) is -3.78. The first kappa shape index (κ1) is 22.2. The van der Waals surface area contributed by atoms with Crippen LogP contribution in [0.2, 0.25) is 10.0 Å². The van der Waals surface area contributed by atoms with Gasteiger partial charge in [-0.2, -0.15) is 0 Å². The van der Waals surface area contributed by atoms with Crippen LogP contribution in [0.5, 0.6) is 0 Å². The van der Waals surface area contributed by atoms with Gasteiger partial charge < -0.3 is 4.90 Å². The lowest BCUT2D eigenvalue weighted by atomic mass is 10.1. The second-order valence-corrected chi connectivity index (χ2v) is 8.93. The van der Waals surface area contributed by atoms with Crippen LogP contribution in [-0.2, 0) is 10.0 Å². The highest BCUT2D eigenvalue weighted by Crippen LogP contribution is 2.19. The zero-order chi connectivity index (χ0) is 21.7. The van der Waals surface area contributed by atoms with E-state index in [-0.39, 0.29) is 23.9 Å². The van der Waals surface area contributed by atoms with Crippen LogP contribution in [0.25, 0.3) is 0 Å². The Kier molecular flexibility index (Phi) is 7.10. The van der Waals surface area contributed by atoms with Crippen LogP contribution in [0.1, 0.15) is 10.4 Å². The third kappa shape index (κ3) is 5.58. The molecule has 0 aliphatic heterocycles. The molecule has 30 heavy (non-hydrogen) atoms. The van der Waals surface area contributed by atoms with Crippen molar-refractivity contribution in [2.24, 2.45) is 0 Å². The predicted octanol–water partition coefficient (Wildman–Crippen LogP) is 4.76. The van der Waals surface area contributed by atoms with Gasteiger partial charge in [-0.05, 0) is 72.8 Å². The van der Waals surface area contributed by atoms with Crippen molar-refractivity contribution in [1.82, 2.24) is 4.72 Å². The van der Waals surface area contributed by atoms with Gasteiger partial charge in [-0.15, -0.1) is 0 Å².